The molecular formula is C60H71ClN8O7S. The van der Waals surface area contributed by atoms with E-state index in [1.165, 1.54) is 5.56 Å². The van der Waals surface area contributed by atoms with Gasteiger partial charge in [0.2, 0.25) is 29.5 Å². The molecule has 0 radical (unpaired) electrons. The predicted octanol–water partition coefficient (Wildman–Crippen LogP) is 10.5. The summed E-state index contributed by atoms with van der Waals surface area (Å²) in [5, 5.41) is 13.5. The van der Waals surface area contributed by atoms with E-state index in [4.69, 9.17) is 21.3 Å². The van der Waals surface area contributed by atoms with Gasteiger partial charge in [0.25, 0.3) is 5.91 Å². The van der Waals surface area contributed by atoms with E-state index in [9.17, 15) is 28.8 Å². The lowest BCUT2D eigenvalue weighted by Crippen LogP contribution is -2.56. The number of nitrogens with one attached hydrogen (secondary N) is 4. The lowest BCUT2D eigenvalue weighted by Gasteiger charge is -2.35. The van der Waals surface area contributed by atoms with Crippen LogP contribution in [-0.2, 0) is 36.9 Å². The summed E-state index contributed by atoms with van der Waals surface area (Å²) >= 11 is 7.21. The Labute approximate surface area is 461 Å². The number of carbonyl (C=O) groups is 6. The van der Waals surface area contributed by atoms with Gasteiger partial charge in [-0.25, -0.2) is 9.97 Å². The maximum atomic E-state index is 14.3. The van der Waals surface area contributed by atoms with Crippen LogP contribution in [0.25, 0.3) is 17.3 Å². The van der Waals surface area contributed by atoms with Gasteiger partial charge in [0.1, 0.15) is 34.2 Å². The average molecular weight is 1080 g/mol. The molecule has 0 bridgehead atoms. The van der Waals surface area contributed by atoms with Crippen molar-refractivity contribution in [1.82, 2.24) is 30.4 Å². The quantitative estimate of drug-likeness (QED) is 0.0522. The van der Waals surface area contributed by atoms with Crippen LogP contribution < -0.4 is 26.0 Å². The first-order valence-electron chi connectivity index (χ1n) is 27.1. The minimum absolute atomic E-state index is 0.0199. The van der Waals surface area contributed by atoms with Crippen molar-refractivity contribution in [2.45, 2.75) is 122 Å². The van der Waals surface area contributed by atoms with Crippen molar-refractivity contribution in [3.8, 4) is 17.0 Å². The highest BCUT2D eigenvalue weighted by Gasteiger charge is 2.41. The van der Waals surface area contributed by atoms with Crippen LogP contribution in [-0.4, -0.2) is 94.5 Å². The third-order valence-corrected chi connectivity index (χ3v) is 16.4. The molecule has 77 heavy (non-hydrogen) atoms. The number of pyridine rings is 1. The van der Waals surface area contributed by atoms with Crippen molar-refractivity contribution in [2.75, 3.05) is 37.9 Å². The lowest BCUT2D eigenvalue weighted by molar-refractivity contribution is -0.142. The molecule has 1 saturated heterocycles. The second kappa shape index (κ2) is 26.9. The number of allylic oxidation sites excluding steroid dienone is 1. The number of hydrogen-bond acceptors (Lipinski definition) is 10. The van der Waals surface area contributed by atoms with E-state index in [0.717, 1.165) is 83.6 Å². The Morgan fingerprint density at radius 2 is 1.66 bits per heavy atom. The monoisotopic (exact) mass is 1080 g/mol. The van der Waals surface area contributed by atoms with Crippen molar-refractivity contribution < 1.29 is 33.5 Å². The number of halogens is 1. The first-order valence-corrected chi connectivity index (χ1v) is 28.3. The number of carbonyl (C=O) groups excluding carboxylic acids is 6. The molecule has 1 aliphatic heterocycles. The zero-order valence-corrected chi connectivity index (χ0v) is 46.1. The number of thiazole rings is 1. The SMILES string of the molecule is CC[C@@H](C)C(=O)N[C@H](C(=O)N1CCC[C@H]1C(=O)Nc1sc(NC(=O)CCCN(C)C(=O)Cc2cccc(CNC(=O)c3cc(/C=C/C4CC(c5ccc(Cl)cc5)C4)c(OC)cn3)c2)nc1-c1ccccc1)C1CCCCC1. The van der Waals surface area contributed by atoms with Crippen molar-refractivity contribution in [2.24, 2.45) is 17.8 Å². The number of likely N-dealkylation sites (N-methyl/N-ethyl adjacent to an activating group) is 1. The molecule has 3 aliphatic rings. The summed E-state index contributed by atoms with van der Waals surface area (Å²) in [5.41, 5.74) is 5.19. The fourth-order valence-corrected chi connectivity index (χ4v) is 11.5. The van der Waals surface area contributed by atoms with Crippen LogP contribution in [0, 0.1) is 17.8 Å². The molecule has 0 spiro atoms. The Bertz CT molecular complexity index is 2900. The molecule has 2 aliphatic carbocycles. The highest BCUT2D eigenvalue weighted by Crippen LogP contribution is 2.43. The lowest BCUT2D eigenvalue weighted by atomic mass is 9.71. The fraction of sp³-hybridized carbons (Fsp3) is 0.433. The number of benzene rings is 3. The molecule has 8 rings (SSSR count). The molecule has 3 aromatic carbocycles. The molecule has 6 amide bonds. The maximum absolute atomic E-state index is 14.3. The van der Waals surface area contributed by atoms with Crippen LogP contribution in [0.4, 0.5) is 10.1 Å². The zero-order chi connectivity index (χ0) is 54.4. The molecule has 3 heterocycles. The molecule has 0 unspecified atom stereocenters. The van der Waals surface area contributed by atoms with Gasteiger partial charge in [-0.2, -0.15) is 0 Å². The normalized spacial score (nSPS) is 18.2. The second-order valence-electron chi connectivity index (χ2n) is 20.7. The van der Waals surface area contributed by atoms with Gasteiger partial charge in [-0.15, -0.1) is 0 Å². The number of likely N-dealkylation sites (tertiary alicyclic amines) is 1. The summed E-state index contributed by atoms with van der Waals surface area (Å²) < 4.78 is 5.55. The molecule has 5 aromatic rings. The van der Waals surface area contributed by atoms with E-state index >= 15 is 0 Å². The van der Waals surface area contributed by atoms with E-state index in [1.807, 2.05) is 86.7 Å². The first-order chi connectivity index (χ1) is 37.3. The number of aromatic nitrogens is 2. The number of methoxy groups -OCH3 is 1. The maximum Gasteiger partial charge on any atom is 0.270 e. The van der Waals surface area contributed by atoms with Crippen LogP contribution in [0.15, 0.2) is 97.2 Å². The summed E-state index contributed by atoms with van der Waals surface area (Å²) in [6, 6.07) is 25.3. The standard InChI is InChI=1S/C60H71ClN8O7S/c1-5-38(2)55(72)65-54(44-19-10-7-11-20-44)59(75)69-30-13-21-49(69)57(74)67-58-53(43-17-8-6-9-18-43)66-60(77-58)64-51(70)22-14-29-68(3)52(71)34-39-15-12-16-41(31-39)36-63-56(73)48-35-45(50(76-4)37-62-48)24-23-40-32-46(33-40)42-25-27-47(61)28-26-42/h6,8-9,12,15-18,23-28,31,35,37-38,40,44,46,49,54H,5,7,10-11,13-14,19-22,29-30,32-34,36H2,1-4H3,(H,63,73)(H,65,72)(H,67,74)(H,64,66,70)/b24-23+/t38-,40?,46?,49+,54+/m1/s1. The van der Waals surface area contributed by atoms with E-state index in [-0.39, 0.29) is 72.4 Å². The Kier molecular flexibility index (Phi) is 19.7. The Balaban J connectivity index is 0.808. The number of anilines is 2. The average Bonchev–Trinajstić information content (AvgIpc) is 4.10. The Morgan fingerprint density at radius 3 is 2.40 bits per heavy atom. The minimum Gasteiger partial charge on any atom is -0.495 e. The van der Waals surface area contributed by atoms with Crippen molar-refractivity contribution in [3.05, 3.63) is 130 Å². The summed E-state index contributed by atoms with van der Waals surface area (Å²) in [7, 11) is 3.29. The van der Waals surface area contributed by atoms with Crippen molar-refractivity contribution in [3.63, 3.8) is 0 Å². The third kappa shape index (κ3) is 15.0. The van der Waals surface area contributed by atoms with E-state index in [1.54, 1.807) is 36.2 Å². The van der Waals surface area contributed by atoms with E-state index in [0.29, 0.717) is 72.2 Å². The fourth-order valence-electron chi connectivity index (χ4n) is 10.4. The van der Waals surface area contributed by atoms with Crippen molar-refractivity contribution >= 4 is 74.6 Å². The van der Waals surface area contributed by atoms with Gasteiger partial charge in [0.15, 0.2) is 5.13 Å². The van der Waals surface area contributed by atoms with Crippen LogP contribution in [0.3, 0.4) is 0 Å². The van der Waals surface area contributed by atoms with Crippen LogP contribution in [0.5, 0.6) is 5.75 Å². The van der Waals surface area contributed by atoms with E-state index in [2.05, 4.69) is 44.5 Å². The smallest absolute Gasteiger partial charge is 0.270 e. The molecule has 2 aromatic heterocycles. The molecular weight excluding hydrogens is 1010 g/mol. The number of amides is 6. The predicted molar refractivity (Wildman–Crippen MR) is 302 cm³/mol. The van der Waals surface area contributed by atoms with Crippen LogP contribution in [0.2, 0.25) is 5.02 Å². The highest BCUT2D eigenvalue weighted by molar-refractivity contribution is 7.20. The molecule has 3 fully saturated rings. The first kappa shape index (κ1) is 56.3. The van der Waals surface area contributed by atoms with Gasteiger partial charge in [0.05, 0.1) is 19.7 Å². The van der Waals surface area contributed by atoms with Crippen molar-refractivity contribution in [1.29, 1.82) is 0 Å². The second-order valence-corrected chi connectivity index (χ2v) is 22.2. The molecule has 15 nitrogen and oxygen atoms in total. The summed E-state index contributed by atoms with van der Waals surface area (Å²) in [4.78, 5) is 94.0. The summed E-state index contributed by atoms with van der Waals surface area (Å²) in [6.45, 7) is 4.81. The van der Waals surface area contributed by atoms with E-state index < -0.39 is 12.1 Å². The largest absolute Gasteiger partial charge is 0.495 e. The summed E-state index contributed by atoms with van der Waals surface area (Å²) in [5.74, 6) is -0.139. The van der Waals surface area contributed by atoms with Crippen LogP contribution in [0.1, 0.15) is 130 Å². The summed E-state index contributed by atoms with van der Waals surface area (Å²) in [6.07, 6.45) is 15.1. The third-order valence-electron chi connectivity index (χ3n) is 15.3. The Hall–Kier alpha value is -6.91. The van der Waals surface area contributed by atoms with Gasteiger partial charge in [-0.05, 0) is 104 Å². The van der Waals surface area contributed by atoms with Gasteiger partial charge in [0, 0.05) is 55.2 Å². The topological polar surface area (TPSA) is 192 Å². The van der Waals surface area contributed by atoms with Gasteiger partial charge < -0.3 is 35.8 Å². The Morgan fingerprint density at radius 1 is 0.909 bits per heavy atom. The number of ether oxygens (including phenoxy) is 1. The number of hydrogen-bond donors (Lipinski definition) is 4. The minimum atomic E-state index is -0.728. The molecule has 4 N–H and O–H groups in total. The molecule has 3 atom stereocenters. The highest BCUT2D eigenvalue weighted by atomic mass is 35.5. The zero-order valence-electron chi connectivity index (χ0n) is 44.5. The number of nitrogens with zero attached hydrogens (tertiary/aromatic N) is 4. The number of rotatable bonds is 22. The van der Waals surface area contributed by atoms with Gasteiger partial charge >= 0.3 is 0 Å². The molecule has 406 valence electrons. The van der Waals surface area contributed by atoms with Gasteiger partial charge in [-0.3, -0.25) is 28.8 Å². The van der Waals surface area contributed by atoms with Crippen LogP contribution >= 0.6 is 22.9 Å². The molecule has 2 saturated carbocycles. The van der Waals surface area contributed by atoms with Gasteiger partial charge in [-0.1, -0.05) is 135 Å². The molecule has 17 heteroatoms.